The third-order valence-electron chi connectivity index (χ3n) is 4.07. The topological polar surface area (TPSA) is 74.5 Å². The normalized spacial score (nSPS) is 13.5. The Hall–Kier alpha value is -2.27. The standard InChI is InChI=1S/C18H24N2O3/c1-11-7-6-8-16(13(11)3)20-17(21)19-10-18(5,22)15-9-12(2)23-14(15)4/h6-9,22H,10H2,1-5H3,(H2,19,20,21). The van der Waals surface area contributed by atoms with Crippen LogP contribution in [0.15, 0.2) is 28.7 Å². The molecule has 1 aromatic heterocycles. The maximum Gasteiger partial charge on any atom is 0.319 e. The first-order valence-electron chi connectivity index (χ1n) is 7.61. The molecule has 3 N–H and O–H groups in total. The monoisotopic (exact) mass is 316 g/mol. The fourth-order valence-electron chi connectivity index (χ4n) is 2.57. The number of nitrogens with one attached hydrogen (secondary N) is 2. The molecule has 1 atom stereocenters. The number of anilines is 1. The Kier molecular flexibility index (Phi) is 4.80. The Morgan fingerprint density at radius 2 is 1.96 bits per heavy atom. The highest BCUT2D eigenvalue weighted by atomic mass is 16.3. The lowest BCUT2D eigenvalue weighted by molar-refractivity contribution is 0.0584. The number of furan rings is 1. The van der Waals surface area contributed by atoms with Crippen molar-refractivity contribution in [2.24, 2.45) is 0 Å². The van der Waals surface area contributed by atoms with Crippen molar-refractivity contribution in [3.8, 4) is 0 Å². The zero-order chi connectivity index (χ0) is 17.2. The first kappa shape index (κ1) is 17.1. The minimum absolute atomic E-state index is 0.0868. The van der Waals surface area contributed by atoms with Crippen LogP contribution < -0.4 is 10.6 Å². The maximum absolute atomic E-state index is 12.1. The molecule has 0 saturated carbocycles. The van der Waals surface area contributed by atoms with Crippen LogP contribution in [0.25, 0.3) is 0 Å². The average molecular weight is 316 g/mol. The van der Waals surface area contributed by atoms with Crippen molar-refractivity contribution in [2.75, 3.05) is 11.9 Å². The number of carbonyl (C=O) groups is 1. The molecule has 124 valence electrons. The van der Waals surface area contributed by atoms with Crippen molar-refractivity contribution in [1.82, 2.24) is 5.32 Å². The van der Waals surface area contributed by atoms with Crippen LogP contribution >= 0.6 is 0 Å². The highest BCUT2D eigenvalue weighted by Crippen LogP contribution is 2.26. The summed E-state index contributed by atoms with van der Waals surface area (Å²) in [6.07, 6.45) is 0. The van der Waals surface area contributed by atoms with E-state index in [1.54, 1.807) is 19.9 Å². The highest BCUT2D eigenvalue weighted by molar-refractivity contribution is 5.90. The van der Waals surface area contributed by atoms with E-state index in [4.69, 9.17) is 4.42 Å². The first-order chi connectivity index (χ1) is 10.7. The van der Waals surface area contributed by atoms with Gasteiger partial charge in [-0.3, -0.25) is 0 Å². The van der Waals surface area contributed by atoms with Crippen LogP contribution in [0.4, 0.5) is 10.5 Å². The van der Waals surface area contributed by atoms with Gasteiger partial charge in [-0.2, -0.15) is 0 Å². The Balaban J connectivity index is 2.01. The molecule has 0 aliphatic rings. The molecule has 0 saturated heterocycles. The molecule has 2 rings (SSSR count). The summed E-state index contributed by atoms with van der Waals surface area (Å²) in [5.41, 5.74) is 2.38. The lowest BCUT2D eigenvalue weighted by Crippen LogP contribution is -2.40. The second-order valence-electron chi connectivity index (χ2n) is 6.16. The second-order valence-corrected chi connectivity index (χ2v) is 6.16. The molecule has 0 aliphatic carbocycles. The lowest BCUT2D eigenvalue weighted by atomic mass is 9.96. The van der Waals surface area contributed by atoms with Gasteiger partial charge in [0.15, 0.2) is 0 Å². The van der Waals surface area contributed by atoms with E-state index in [-0.39, 0.29) is 12.6 Å². The zero-order valence-corrected chi connectivity index (χ0v) is 14.3. The van der Waals surface area contributed by atoms with E-state index in [0.717, 1.165) is 22.6 Å². The highest BCUT2D eigenvalue weighted by Gasteiger charge is 2.28. The zero-order valence-electron chi connectivity index (χ0n) is 14.3. The summed E-state index contributed by atoms with van der Waals surface area (Å²) in [7, 11) is 0. The molecule has 5 heteroatoms. The minimum Gasteiger partial charge on any atom is -0.466 e. The second kappa shape index (κ2) is 6.46. The van der Waals surface area contributed by atoms with Crippen LogP contribution in [0.5, 0.6) is 0 Å². The predicted octanol–water partition coefficient (Wildman–Crippen LogP) is 3.54. The Morgan fingerprint density at radius 3 is 2.57 bits per heavy atom. The largest absolute Gasteiger partial charge is 0.466 e. The number of aliphatic hydroxyl groups is 1. The van der Waals surface area contributed by atoms with Crippen molar-refractivity contribution in [3.05, 3.63) is 52.5 Å². The Bertz CT molecular complexity index is 717. The smallest absolute Gasteiger partial charge is 0.319 e. The number of rotatable bonds is 4. The summed E-state index contributed by atoms with van der Waals surface area (Å²) in [5.74, 6) is 1.39. The Labute approximate surface area is 136 Å². The molecule has 0 spiro atoms. The van der Waals surface area contributed by atoms with Crippen LogP contribution in [0.1, 0.15) is 35.1 Å². The van der Waals surface area contributed by atoms with Crippen LogP contribution in [-0.4, -0.2) is 17.7 Å². The summed E-state index contributed by atoms with van der Waals surface area (Å²) in [4.78, 5) is 12.1. The molecular formula is C18H24N2O3. The maximum atomic E-state index is 12.1. The van der Waals surface area contributed by atoms with Gasteiger partial charge in [-0.05, 0) is 57.9 Å². The molecule has 0 fully saturated rings. The number of hydrogen-bond donors (Lipinski definition) is 3. The molecule has 2 amide bonds. The minimum atomic E-state index is -1.19. The molecule has 23 heavy (non-hydrogen) atoms. The van der Waals surface area contributed by atoms with Gasteiger partial charge in [0, 0.05) is 11.3 Å². The molecule has 0 bridgehead atoms. The number of amides is 2. The summed E-state index contributed by atoms with van der Waals surface area (Å²) < 4.78 is 5.44. The van der Waals surface area contributed by atoms with E-state index < -0.39 is 5.60 Å². The van der Waals surface area contributed by atoms with Gasteiger partial charge in [0.1, 0.15) is 17.1 Å². The summed E-state index contributed by atoms with van der Waals surface area (Å²) >= 11 is 0. The quantitative estimate of drug-likeness (QED) is 0.807. The van der Waals surface area contributed by atoms with Gasteiger partial charge in [-0.1, -0.05) is 12.1 Å². The number of urea groups is 1. The molecule has 1 heterocycles. The SMILES string of the molecule is Cc1cc(C(C)(O)CNC(=O)Nc2cccc(C)c2C)c(C)o1. The average Bonchev–Trinajstić information content (AvgIpc) is 2.82. The Morgan fingerprint density at radius 1 is 1.26 bits per heavy atom. The fraction of sp³-hybridized carbons (Fsp3) is 0.389. The van der Waals surface area contributed by atoms with Crippen molar-refractivity contribution in [1.29, 1.82) is 0 Å². The molecule has 1 aromatic carbocycles. The van der Waals surface area contributed by atoms with E-state index >= 15 is 0 Å². The fourth-order valence-corrected chi connectivity index (χ4v) is 2.57. The van der Waals surface area contributed by atoms with Gasteiger partial charge in [0.05, 0.1) is 6.54 Å². The summed E-state index contributed by atoms with van der Waals surface area (Å²) in [6, 6.07) is 7.18. The molecule has 2 aromatic rings. The summed E-state index contributed by atoms with van der Waals surface area (Å²) in [5, 5.41) is 16.1. The van der Waals surface area contributed by atoms with Crippen LogP contribution in [0, 0.1) is 27.7 Å². The van der Waals surface area contributed by atoms with Gasteiger partial charge in [-0.25, -0.2) is 4.79 Å². The molecular weight excluding hydrogens is 292 g/mol. The van der Waals surface area contributed by atoms with Gasteiger partial charge in [0.25, 0.3) is 0 Å². The first-order valence-corrected chi connectivity index (χ1v) is 7.61. The third-order valence-corrected chi connectivity index (χ3v) is 4.07. The molecule has 0 aliphatic heterocycles. The number of hydrogen-bond acceptors (Lipinski definition) is 3. The van der Waals surface area contributed by atoms with E-state index in [1.807, 2.05) is 39.0 Å². The molecule has 0 radical (unpaired) electrons. The van der Waals surface area contributed by atoms with E-state index in [1.165, 1.54) is 0 Å². The van der Waals surface area contributed by atoms with Gasteiger partial charge < -0.3 is 20.2 Å². The molecule has 5 nitrogen and oxygen atoms in total. The van der Waals surface area contributed by atoms with Crippen LogP contribution in [0.3, 0.4) is 0 Å². The van der Waals surface area contributed by atoms with Crippen molar-refractivity contribution in [3.63, 3.8) is 0 Å². The van der Waals surface area contributed by atoms with Crippen LogP contribution in [-0.2, 0) is 5.60 Å². The number of benzene rings is 1. The van der Waals surface area contributed by atoms with E-state index in [2.05, 4.69) is 10.6 Å². The van der Waals surface area contributed by atoms with Gasteiger partial charge in [0.2, 0.25) is 0 Å². The molecule has 1 unspecified atom stereocenters. The van der Waals surface area contributed by atoms with Crippen LogP contribution in [0.2, 0.25) is 0 Å². The van der Waals surface area contributed by atoms with E-state index in [9.17, 15) is 9.90 Å². The van der Waals surface area contributed by atoms with Crippen molar-refractivity contribution >= 4 is 11.7 Å². The van der Waals surface area contributed by atoms with Crippen molar-refractivity contribution < 1.29 is 14.3 Å². The third kappa shape index (κ3) is 3.93. The summed E-state index contributed by atoms with van der Waals surface area (Å²) in [6.45, 7) is 9.32. The van der Waals surface area contributed by atoms with Gasteiger partial charge in [-0.15, -0.1) is 0 Å². The predicted molar refractivity (Wildman–Crippen MR) is 90.7 cm³/mol. The van der Waals surface area contributed by atoms with Gasteiger partial charge >= 0.3 is 6.03 Å². The van der Waals surface area contributed by atoms with E-state index in [0.29, 0.717) is 11.3 Å². The number of aryl methyl sites for hydroxylation is 3. The lowest BCUT2D eigenvalue weighted by Gasteiger charge is -2.23. The number of carbonyl (C=O) groups excluding carboxylic acids is 1. The van der Waals surface area contributed by atoms with Crippen molar-refractivity contribution in [2.45, 2.75) is 40.2 Å².